The van der Waals surface area contributed by atoms with Crippen molar-refractivity contribution in [3.8, 4) is 5.75 Å². The van der Waals surface area contributed by atoms with E-state index < -0.39 is 17.9 Å². The van der Waals surface area contributed by atoms with Gasteiger partial charge in [0.25, 0.3) is 5.91 Å². The highest BCUT2D eigenvalue weighted by atomic mass is 16.5. The van der Waals surface area contributed by atoms with Crippen molar-refractivity contribution in [1.29, 1.82) is 0 Å². The van der Waals surface area contributed by atoms with Crippen molar-refractivity contribution >= 4 is 23.7 Å². The molecular formula is C28H30N2O5. The first-order chi connectivity index (χ1) is 16.7. The van der Waals surface area contributed by atoms with Crippen LogP contribution in [0, 0.1) is 12.8 Å². The molecule has 7 heteroatoms. The average molecular weight is 475 g/mol. The van der Waals surface area contributed by atoms with Crippen LogP contribution in [0.5, 0.6) is 5.75 Å². The number of hydrogen-bond donors (Lipinski definition) is 2. The van der Waals surface area contributed by atoms with Crippen LogP contribution < -0.4 is 10.1 Å². The molecule has 1 aromatic heterocycles. The minimum Gasteiger partial charge on any atom is -0.495 e. The summed E-state index contributed by atoms with van der Waals surface area (Å²) in [5.74, 6) is -1.60. The Balaban J connectivity index is 1.79. The lowest BCUT2D eigenvalue weighted by molar-refractivity contribution is -0.140. The van der Waals surface area contributed by atoms with Gasteiger partial charge in [0.2, 0.25) is 5.78 Å². The number of carboxylic acids is 1. The number of ketones is 1. The number of ether oxygens (including phenoxy) is 1. The number of benzene rings is 2. The van der Waals surface area contributed by atoms with Gasteiger partial charge in [-0.15, -0.1) is 0 Å². The first kappa shape index (κ1) is 25.5. The van der Waals surface area contributed by atoms with E-state index in [1.807, 2.05) is 60.2 Å². The Kier molecular flexibility index (Phi) is 8.25. The highest BCUT2D eigenvalue weighted by molar-refractivity contribution is 6.08. The molecule has 7 nitrogen and oxygen atoms in total. The Bertz CT molecular complexity index is 1240. The van der Waals surface area contributed by atoms with E-state index in [0.29, 0.717) is 29.1 Å². The monoisotopic (exact) mass is 474 g/mol. The van der Waals surface area contributed by atoms with Gasteiger partial charge in [-0.1, -0.05) is 68.0 Å². The molecule has 0 spiro atoms. The molecule has 3 aromatic rings. The zero-order valence-corrected chi connectivity index (χ0v) is 20.3. The van der Waals surface area contributed by atoms with Crippen LogP contribution in [0.2, 0.25) is 0 Å². The van der Waals surface area contributed by atoms with Crippen molar-refractivity contribution in [2.45, 2.75) is 33.4 Å². The third-order valence-electron chi connectivity index (χ3n) is 5.69. The topological polar surface area (TPSA) is 97.6 Å². The molecule has 2 aromatic carbocycles. The molecule has 0 aliphatic rings. The van der Waals surface area contributed by atoms with Gasteiger partial charge in [0.05, 0.1) is 18.4 Å². The third-order valence-corrected chi connectivity index (χ3v) is 5.69. The number of nitrogens with one attached hydrogen (secondary N) is 1. The van der Waals surface area contributed by atoms with Gasteiger partial charge >= 0.3 is 5.97 Å². The third kappa shape index (κ3) is 6.06. The first-order valence-electron chi connectivity index (χ1n) is 11.4. The fraction of sp³-hybridized carbons (Fsp3) is 0.250. The predicted octanol–water partition coefficient (Wildman–Crippen LogP) is 4.59. The summed E-state index contributed by atoms with van der Waals surface area (Å²) in [6, 6.07) is 15.2. The van der Waals surface area contributed by atoms with E-state index in [-0.39, 0.29) is 17.3 Å². The smallest absolute Gasteiger partial charge is 0.326 e. The van der Waals surface area contributed by atoms with Crippen LogP contribution in [0.25, 0.3) is 6.08 Å². The predicted molar refractivity (Wildman–Crippen MR) is 135 cm³/mol. The standard InChI is InChI=1S/C28H30N2O5/c1-18(2)24(28(33)34)29-27(32)22-10-5-8-21(26(22)35-4)9-6-16-30-17-7-11-23(30)25(31)20-14-12-19(3)13-15-20/h5-15,17-18,24H,16H2,1-4H3,(H,29,32)(H,33,34)/b9-6+/t24-/m0/s1. The Morgan fingerprint density at radius 2 is 1.77 bits per heavy atom. The Morgan fingerprint density at radius 1 is 1.06 bits per heavy atom. The van der Waals surface area contributed by atoms with Crippen LogP contribution in [-0.2, 0) is 11.3 Å². The molecule has 1 heterocycles. The molecule has 0 unspecified atom stereocenters. The van der Waals surface area contributed by atoms with Crippen molar-refractivity contribution in [1.82, 2.24) is 9.88 Å². The van der Waals surface area contributed by atoms with Crippen LogP contribution >= 0.6 is 0 Å². The molecule has 0 fully saturated rings. The van der Waals surface area contributed by atoms with Gasteiger partial charge in [0, 0.05) is 23.9 Å². The van der Waals surface area contributed by atoms with E-state index in [1.54, 1.807) is 38.1 Å². The van der Waals surface area contributed by atoms with Crippen molar-refractivity contribution in [2.75, 3.05) is 7.11 Å². The summed E-state index contributed by atoms with van der Waals surface area (Å²) >= 11 is 0. The Labute approximate surface area is 205 Å². The second-order valence-corrected chi connectivity index (χ2v) is 8.60. The number of para-hydroxylation sites is 1. The fourth-order valence-corrected chi connectivity index (χ4v) is 3.75. The Hall–Kier alpha value is -4.13. The van der Waals surface area contributed by atoms with E-state index in [4.69, 9.17) is 4.74 Å². The SMILES string of the molecule is COc1c(/C=C/Cn2cccc2C(=O)c2ccc(C)cc2)cccc1C(=O)N[C@H](C(=O)O)C(C)C. The van der Waals surface area contributed by atoms with Crippen LogP contribution in [-0.4, -0.2) is 40.5 Å². The maximum atomic E-state index is 12.9. The van der Waals surface area contributed by atoms with E-state index >= 15 is 0 Å². The number of amides is 1. The first-order valence-corrected chi connectivity index (χ1v) is 11.4. The molecular weight excluding hydrogens is 444 g/mol. The number of nitrogens with zero attached hydrogens (tertiary/aromatic N) is 1. The zero-order valence-electron chi connectivity index (χ0n) is 20.3. The van der Waals surface area contributed by atoms with Crippen LogP contribution in [0.3, 0.4) is 0 Å². The molecule has 35 heavy (non-hydrogen) atoms. The van der Waals surface area contributed by atoms with Crippen molar-refractivity contribution in [2.24, 2.45) is 5.92 Å². The number of carboxylic acid groups (broad SMARTS) is 1. The number of rotatable bonds is 10. The van der Waals surface area contributed by atoms with Crippen molar-refractivity contribution in [3.63, 3.8) is 0 Å². The molecule has 0 radical (unpaired) electrons. The number of aromatic nitrogens is 1. The fourth-order valence-electron chi connectivity index (χ4n) is 3.75. The van der Waals surface area contributed by atoms with E-state index in [1.165, 1.54) is 7.11 Å². The highest BCUT2D eigenvalue weighted by Crippen LogP contribution is 2.26. The Morgan fingerprint density at radius 3 is 2.40 bits per heavy atom. The lowest BCUT2D eigenvalue weighted by atomic mass is 10.0. The molecule has 2 N–H and O–H groups in total. The van der Waals surface area contributed by atoms with Gasteiger partial charge in [0.1, 0.15) is 11.8 Å². The van der Waals surface area contributed by atoms with Crippen molar-refractivity contribution in [3.05, 3.63) is 94.8 Å². The molecule has 1 atom stereocenters. The molecule has 3 rings (SSSR count). The largest absolute Gasteiger partial charge is 0.495 e. The summed E-state index contributed by atoms with van der Waals surface area (Å²) in [4.78, 5) is 37.2. The van der Waals surface area contributed by atoms with Crippen LogP contribution in [0.1, 0.15) is 51.4 Å². The number of carbonyl (C=O) groups excluding carboxylic acids is 2. The average Bonchev–Trinajstić information content (AvgIpc) is 3.30. The summed E-state index contributed by atoms with van der Waals surface area (Å²) in [7, 11) is 1.46. The minimum absolute atomic E-state index is 0.0576. The summed E-state index contributed by atoms with van der Waals surface area (Å²) in [6.45, 7) is 5.88. The maximum Gasteiger partial charge on any atom is 0.326 e. The normalized spacial score (nSPS) is 12.0. The van der Waals surface area contributed by atoms with Gasteiger partial charge in [-0.2, -0.15) is 0 Å². The summed E-state index contributed by atoms with van der Waals surface area (Å²) in [6.07, 6.45) is 5.53. The lowest BCUT2D eigenvalue weighted by Crippen LogP contribution is -2.44. The molecule has 0 aliphatic heterocycles. The molecule has 182 valence electrons. The second kappa shape index (κ2) is 11.3. The molecule has 0 aliphatic carbocycles. The quantitative estimate of drug-likeness (QED) is 0.419. The summed E-state index contributed by atoms with van der Waals surface area (Å²) in [5.41, 5.74) is 3.20. The minimum atomic E-state index is -1.09. The maximum absolute atomic E-state index is 12.9. The number of carbonyl (C=O) groups is 3. The molecule has 0 saturated heterocycles. The van der Waals surface area contributed by atoms with Gasteiger partial charge in [-0.05, 0) is 31.0 Å². The van der Waals surface area contributed by atoms with Crippen LogP contribution in [0.15, 0.2) is 66.9 Å². The van der Waals surface area contributed by atoms with Gasteiger partial charge in [-0.25, -0.2) is 4.79 Å². The van der Waals surface area contributed by atoms with E-state index in [2.05, 4.69) is 5.32 Å². The van der Waals surface area contributed by atoms with Crippen molar-refractivity contribution < 1.29 is 24.2 Å². The number of hydrogen-bond acceptors (Lipinski definition) is 4. The van der Waals surface area contributed by atoms with Gasteiger partial charge in [-0.3, -0.25) is 9.59 Å². The molecule has 0 saturated carbocycles. The second-order valence-electron chi connectivity index (χ2n) is 8.60. The summed E-state index contributed by atoms with van der Waals surface area (Å²) in [5, 5.41) is 12.0. The highest BCUT2D eigenvalue weighted by Gasteiger charge is 2.25. The molecule has 0 bridgehead atoms. The number of aliphatic carboxylic acids is 1. The summed E-state index contributed by atoms with van der Waals surface area (Å²) < 4.78 is 7.35. The number of allylic oxidation sites excluding steroid dienone is 1. The van der Waals surface area contributed by atoms with E-state index in [0.717, 1.165) is 5.56 Å². The van der Waals surface area contributed by atoms with Gasteiger partial charge < -0.3 is 19.7 Å². The number of aryl methyl sites for hydroxylation is 1. The number of methoxy groups -OCH3 is 1. The zero-order chi connectivity index (χ0) is 25.5. The van der Waals surface area contributed by atoms with E-state index in [9.17, 15) is 19.5 Å². The lowest BCUT2D eigenvalue weighted by Gasteiger charge is -2.19. The van der Waals surface area contributed by atoms with Gasteiger partial charge in [0.15, 0.2) is 0 Å². The molecule has 1 amide bonds. The van der Waals surface area contributed by atoms with Crippen LogP contribution in [0.4, 0.5) is 0 Å².